The molecule has 0 spiro atoms. The molecule has 0 saturated carbocycles. The number of halogens is 1. The highest BCUT2D eigenvalue weighted by atomic mass is 35.5. The van der Waals surface area contributed by atoms with E-state index in [4.69, 9.17) is 16.3 Å². The first-order valence-corrected chi connectivity index (χ1v) is 11.3. The molecule has 0 saturated heterocycles. The van der Waals surface area contributed by atoms with Crippen LogP contribution in [-0.2, 0) is 14.8 Å². The largest absolute Gasteiger partial charge is 0.489 e. The lowest BCUT2D eigenvalue weighted by Crippen LogP contribution is -2.32. The second-order valence-corrected chi connectivity index (χ2v) is 8.81. The van der Waals surface area contributed by atoms with Crippen molar-refractivity contribution in [3.8, 4) is 5.75 Å². The summed E-state index contributed by atoms with van der Waals surface area (Å²) in [5.74, 6) is 0.421. The van der Waals surface area contributed by atoms with Crippen molar-refractivity contribution in [1.82, 2.24) is 0 Å². The van der Waals surface area contributed by atoms with Gasteiger partial charge in [0.2, 0.25) is 15.9 Å². The van der Waals surface area contributed by atoms with Crippen molar-refractivity contribution in [2.75, 3.05) is 29.0 Å². The average molecular weight is 437 g/mol. The molecule has 29 heavy (non-hydrogen) atoms. The van der Waals surface area contributed by atoms with Crippen LogP contribution < -0.4 is 14.4 Å². The minimum absolute atomic E-state index is 0.170. The predicted octanol–water partition coefficient (Wildman–Crippen LogP) is 4.40. The summed E-state index contributed by atoms with van der Waals surface area (Å²) in [5.41, 5.74) is 1.81. The number of nitrogens with one attached hydrogen (secondary N) is 1. The van der Waals surface area contributed by atoms with E-state index < -0.39 is 10.0 Å². The summed E-state index contributed by atoms with van der Waals surface area (Å²) in [6, 6.07) is 12.2. The topological polar surface area (TPSA) is 75.7 Å². The third-order valence-electron chi connectivity index (χ3n) is 4.16. The monoisotopic (exact) mass is 436 g/mol. The highest BCUT2D eigenvalue weighted by molar-refractivity contribution is 7.92. The summed E-state index contributed by atoms with van der Waals surface area (Å²) in [4.78, 5) is 12.3. The molecule has 0 fully saturated rings. The second-order valence-electron chi connectivity index (χ2n) is 6.50. The van der Waals surface area contributed by atoms with Gasteiger partial charge in [0.1, 0.15) is 12.4 Å². The summed E-state index contributed by atoms with van der Waals surface area (Å²) < 4.78 is 31.2. The van der Waals surface area contributed by atoms with E-state index in [1.165, 1.54) is 4.31 Å². The number of sulfonamides is 1. The molecule has 6 nitrogen and oxygen atoms in total. The van der Waals surface area contributed by atoms with Crippen LogP contribution in [0.2, 0.25) is 5.02 Å². The molecule has 2 aromatic rings. The van der Waals surface area contributed by atoms with E-state index in [9.17, 15) is 13.2 Å². The minimum Gasteiger partial charge on any atom is -0.489 e. The van der Waals surface area contributed by atoms with E-state index in [1.54, 1.807) is 55.5 Å². The Morgan fingerprint density at radius 2 is 2.00 bits per heavy atom. The maximum absolute atomic E-state index is 12.3. The van der Waals surface area contributed by atoms with E-state index in [2.05, 4.69) is 11.9 Å². The predicted molar refractivity (Wildman–Crippen MR) is 118 cm³/mol. The Labute approximate surface area is 177 Å². The molecule has 156 valence electrons. The van der Waals surface area contributed by atoms with Crippen molar-refractivity contribution >= 4 is 38.9 Å². The van der Waals surface area contributed by atoms with Crippen molar-refractivity contribution in [1.29, 1.82) is 0 Å². The lowest BCUT2D eigenvalue weighted by atomic mass is 10.2. The molecular formula is C21H25ClN2O4S. The van der Waals surface area contributed by atoms with Crippen molar-refractivity contribution in [2.24, 2.45) is 0 Å². The van der Waals surface area contributed by atoms with Crippen molar-refractivity contribution in [2.45, 2.75) is 19.8 Å². The highest BCUT2D eigenvalue weighted by Crippen LogP contribution is 2.28. The molecule has 0 aliphatic heterocycles. The molecular weight excluding hydrogens is 412 g/mol. The van der Waals surface area contributed by atoms with Gasteiger partial charge in [0, 0.05) is 29.7 Å². The Kier molecular flexibility index (Phi) is 8.10. The molecule has 0 unspecified atom stereocenters. The fourth-order valence-corrected chi connectivity index (χ4v) is 3.94. The van der Waals surface area contributed by atoms with Gasteiger partial charge < -0.3 is 10.1 Å². The van der Waals surface area contributed by atoms with Gasteiger partial charge in [-0.15, -0.1) is 0 Å². The number of nitrogens with zero attached hydrogens (tertiary/aromatic N) is 1. The minimum atomic E-state index is -3.51. The number of anilines is 2. The normalized spacial score (nSPS) is 11.0. The van der Waals surface area contributed by atoms with Gasteiger partial charge in [-0.25, -0.2) is 8.42 Å². The molecule has 0 bridgehead atoms. The third kappa shape index (κ3) is 6.80. The van der Waals surface area contributed by atoms with Gasteiger partial charge in [0.15, 0.2) is 0 Å². The lowest BCUT2D eigenvalue weighted by Gasteiger charge is -2.24. The average Bonchev–Trinajstić information content (AvgIpc) is 2.65. The van der Waals surface area contributed by atoms with Gasteiger partial charge in [-0.2, -0.15) is 0 Å². The van der Waals surface area contributed by atoms with Gasteiger partial charge >= 0.3 is 0 Å². The first-order chi connectivity index (χ1) is 13.7. The Balaban J connectivity index is 1.98. The van der Waals surface area contributed by atoms with Crippen LogP contribution in [0.3, 0.4) is 0 Å². The summed E-state index contributed by atoms with van der Waals surface area (Å²) in [6.45, 7) is 5.92. The van der Waals surface area contributed by atoms with Crippen LogP contribution in [0, 0.1) is 6.92 Å². The first-order valence-electron chi connectivity index (χ1n) is 9.09. The molecule has 0 aromatic heterocycles. The van der Waals surface area contributed by atoms with Gasteiger partial charge in [0.25, 0.3) is 0 Å². The van der Waals surface area contributed by atoms with Crippen molar-refractivity contribution < 1.29 is 17.9 Å². The Morgan fingerprint density at radius 1 is 1.28 bits per heavy atom. The van der Waals surface area contributed by atoms with Crippen LogP contribution in [0.4, 0.5) is 11.4 Å². The van der Waals surface area contributed by atoms with Gasteiger partial charge in [-0.1, -0.05) is 36.4 Å². The number of rotatable bonds is 10. The summed E-state index contributed by atoms with van der Waals surface area (Å²) >= 11 is 6.13. The van der Waals surface area contributed by atoms with Crippen molar-refractivity contribution in [3.63, 3.8) is 0 Å². The highest BCUT2D eigenvalue weighted by Gasteiger charge is 2.20. The number of benzene rings is 2. The smallest absolute Gasteiger partial charge is 0.232 e. The quantitative estimate of drug-likeness (QED) is 0.560. The third-order valence-corrected chi connectivity index (χ3v) is 5.75. The molecule has 0 atom stereocenters. The number of hydrogen-bond acceptors (Lipinski definition) is 4. The van der Waals surface area contributed by atoms with E-state index in [0.29, 0.717) is 40.7 Å². The molecule has 1 N–H and O–H groups in total. The van der Waals surface area contributed by atoms with E-state index >= 15 is 0 Å². The number of amides is 1. The Morgan fingerprint density at radius 3 is 2.69 bits per heavy atom. The fourth-order valence-electron chi connectivity index (χ4n) is 2.76. The second kappa shape index (κ2) is 10.3. The molecule has 0 radical (unpaired) electrons. The molecule has 2 aromatic carbocycles. The van der Waals surface area contributed by atoms with E-state index in [-0.39, 0.29) is 18.9 Å². The standard InChI is InChI=1S/C21H25ClN2O4S/c1-4-14-28-18-9-5-8-17(15-18)23-21(25)12-7-13-24(29(3,26)27)20-11-6-10-19(22)16(20)2/h4-6,8-11,15H,1,7,12-14H2,2-3H3,(H,23,25). The molecule has 2 rings (SSSR count). The number of carbonyl (C=O) groups excluding carboxylic acids is 1. The van der Waals surface area contributed by atoms with Gasteiger partial charge in [0.05, 0.1) is 11.9 Å². The molecule has 8 heteroatoms. The SMILES string of the molecule is C=CCOc1cccc(NC(=O)CCCN(c2cccc(Cl)c2C)S(C)(=O)=O)c1. The zero-order valence-corrected chi connectivity index (χ0v) is 18.1. The molecule has 0 heterocycles. The van der Waals surface area contributed by atoms with Crippen LogP contribution in [0.15, 0.2) is 55.1 Å². The summed E-state index contributed by atoms with van der Waals surface area (Å²) in [5, 5.41) is 3.29. The molecule has 0 aliphatic carbocycles. The van der Waals surface area contributed by atoms with Crippen LogP contribution >= 0.6 is 11.6 Å². The maximum Gasteiger partial charge on any atom is 0.232 e. The molecule has 1 amide bonds. The molecule has 0 aliphatic rings. The lowest BCUT2D eigenvalue weighted by molar-refractivity contribution is -0.116. The Bertz CT molecular complexity index is 976. The van der Waals surface area contributed by atoms with E-state index in [1.807, 2.05) is 0 Å². The summed E-state index contributed by atoms with van der Waals surface area (Å²) in [6.07, 6.45) is 3.31. The maximum atomic E-state index is 12.3. The van der Waals surface area contributed by atoms with Crippen LogP contribution in [0.5, 0.6) is 5.75 Å². The Hall–Kier alpha value is -2.51. The van der Waals surface area contributed by atoms with Crippen LogP contribution in [0.25, 0.3) is 0 Å². The number of carbonyl (C=O) groups is 1. The fraction of sp³-hybridized carbons (Fsp3) is 0.286. The van der Waals surface area contributed by atoms with Crippen LogP contribution in [-0.4, -0.2) is 33.7 Å². The first kappa shape index (κ1) is 22.8. The zero-order chi connectivity index (χ0) is 21.4. The van der Waals surface area contributed by atoms with E-state index in [0.717, 1.165) is 6.26 Å². The van der Waals surface area contributed by atoms with Gasteiger partial charge in [-0.3, -0.25) is 9.10 Å². The summed E-state index contributed by atoms with van der Waals surface area (Å²) in [7, 11) is -3.51. The van der Waals surface area contributed by atoms with Gasteiger partial charge in [-0.05, 0) is 43.2 Å². The van der Waals surface area contributed by atoms with Crippen LogP contribution in [0.1, 0.15) is 18.4 Å². The number of hydrogen-bond donors (Lipinski definition) is 1. The number of ether oxygens (including phenoxy) is 1. The zero-order valence-electron chi connectivity index (χ0n) is 16.5. The van der Waals surface area contributed by atoms with Crippen molar-refractivity contribution in [3.05, 3.63) is 65.7 Å².